The van der Waals surface area contributed by atoms with Crippen molar-refractivity contribution in [2.75, 3.05) is 5.32 Å². The molecule has 0 bridgehead atoms. The number of nitrogens with one attached hydrogen (secondary N) is 2. The van der Waals surface area contributed by atoms with Crippen molar-refractivity contribution in [3.05, 3.63) is 71.2 Å². The van der Waals surface area contributed by atoms with Crippen molar-refractivity contribution in [1.29, 1.82) is 0 Å². The van der Waals surface area contributed by atoms with E-state index in [1.165, 1.54) is 6.92 Å². The van der Waals surface area contributed by atoms with Gasteiger partial charge in [-0.1, -0.05) is 48.0 Å². The highest BCUT2D eigenvalue weighted by molar-refractivity contribution is 7.89. The fourth-order valence-corrected chi connectivity index (χ4v) is 4.04. The lowest BCUT2D eigenvalue weighted by Crippen LogP contribution is -2.23. The number of halogens is 1. The molecule has 0 aliphatic carbocycles. The minimum atomic E-state index is -3.74. The summed E-state index contributed by atoms with van der Waals surface area (Å²) in [7, 11) is -3.74. The second kappa shape index (κ2) is 7.45. The first kappa shape index (κ1) is 18.4. The normalized spacial score (nSPS) is 11.5. The summed E-state index contributed by atoms with van der Waals surface area (Å²) >= 11 is 5.85. The third-order valence-corrected chi connectivity index (χ3v) is 5.57. The Morgan fingerprint density at radius 2 is 1.62 bits per heavy atom. The Morgan fingerprint density at radius 3 is 2.31 bits per heavy atom. The van der Waals surface area contributed by atoms with Crippen molar-refractivity contribution < 1.29 is 13.2 Å². The predicted molar refractivity (Wildman–Crippen MR) is 104 cm³/mol. The Labute approximate surface area is 157 Å². The van der Waals surface area contributed by atoms with Gasteiger partial charge in [0.1, 0.15) is 0 Å². The lowest BCUT2D eigenvalue weighted by molar-refractivity contribution is -0.114. The molecule has 0 saturated carbocycles. The van der Waals surface area contributed by atoms with Gasteiger partial charge in [0.2, 0.25) is 15.9 Å². The molecule has 0 spiro atoms. The molecule has 0 unspecified atom stereocenters. The molecule has 0 heterocycles. The van der Waals surface area contributed by atoms with Gasteiger partial charge in [-0.15, -0.1) is 0 Å². The lowest BCUT2D eigenvalue weighted by atomic mass is 10.1. The molecule has 3 aromatic carbocycles. The predicted octanol–water partition coefficient (Wildman–Crippen LogP) is 3.93. The first-order chi connectivity index (χ1) is 12.4. The second-order valence-corrected chi connectivity index (χ2v) is 7.96. The summed E-state index contributed by atoms with van der Waals surface area (Å²) in [6.45, 7) is 1.56. The van der Waals surface area contributed by atoms with E-state index in [1.54, 1.807) is 60.7 Å². The second-order valence-electron chi connectivity index (χ2n) is 5.79. The van der Waals surface area contributed by atoms with Gasteiger partial charge in [0.15, 0.2) is 0 Å². The van der Waals surface area contributed by atoms with Crippen LogP contribution in [0, 0.1) is 0 Å². The maximum Gasteiger partial charge on any atom is 0.241 e. The monoisotopic (exact) mass is 388 g/mol. The Bertz CT molecular complexity index is 1060. The van der Waals surface area contributed by atoms with Gasteiger partial charge in [-0.25, -0.2) is 13.1 Å². The molecular formula is C19H17ClN2O3S. The van der Waals surface area contributed by atoms with Crippen LogP contribution >= 0.6 is 11.6 Å². The highest BCUT2D eigenvalue weighted by Crippen LogP contribution is 2.28. The molecule has 0 aromatic heterocycles. The molecule has 3 rings (SSSR count). The quantitative estimate of drug-likeness (QED) is 0.695. The van der Waals surface area contributed by atoms with E-state index in [-0.39, 0.29) is 17.3 Å². The highest BCUT2D eigenvalue weighted by Gasteiger charge is 2.18. The smallest absolute Gasteiger partial charge is 0.241 e. The summed E-state index contributed by atoms with van der Waals surface area (Å²) in [5.41, 5.74) is 1.38. The summed E-state index contributed by atoms with van der Waals surface area (Å²) in [4.78, 5) is 11.5. The number of rotatable bonds is 5. The van der Waals surface area contributed by atoms with Crippen LogP contribution in [0.1, 0.15) is 12.5 Å². The van der Waals surface area contributed by atoms with Gasteiger partial charge in [0, 0.05) is 35.0 Å². The standard InChI is InChI=1S/C19H17ClN2O3S/c1-13(23)22-18-6-2-5-17-16(18)4-3-7-19(17)26(24,25)21-12-14-8-10-15(20)11-9-14/h2-11,21H,12H2,1H3,(H,22,23). The molecule has 0 aliphatic rings. The van der Waals surface area contributed by atoms with Crippen LogP contribution in [0.5, 0.6) is 0 Å². The number of sulfonamides is 1. The fraction of sp³-hybridized carbons (Fsp3) is 0.105. The van der Waals surface area contributed by atoms with E-state index in [0.29, 0.717) is 21.5 Å². The summed E-state index contributed by atoms with van der Waals surface area (Å²) in [5.74, 6) is -0.216. The zero-order valence-corrected chi connectivity index (χ0v) is 15.6. The SMILES string of the molecule is CC(=O)Nc1cccc2c(S(=O)(=O)NCc3ccc(Cl)cc3)cccc12. The van der Waals surface area contributed by atoms with Crippen LogP contribution in [-0.4, -0.2) is 14.3 Å². The van der Waals surface area contributed by atoms with E-state index in [4.69, 9.17) is 11.6 Å². The number of carbonyl (C=O) groups is 1. The molecule has 1 amide bonds. The third-order valence-electron chi connectivity index (χ3n) is 3.86. The number of fused-ring (bicyclic) bond motifs is 1. The van der Waals surface area contributed by atoms with Crippen molar-refractivity contribution >= 4 is 44.0 Å². The van der Waals surface area contributed by atoms with Crippen molar-refractivity contribution in [3.63, 3.8) is 0 Å². The summed E-state index contributed by atoms with van der Waals surface area (Å²) < 4.78 is 28.2. The van der Waals surface area contributed by atoms with Crippen molar-refractivity contribution in [2.45, 2.75) is 18.4 Å². The van der Waals surface area contributed by atoms with E-state index in [9.17, 15) is 13.2 Å². The fourth-order valence-electron chi connectivity index (χ4n) is 2.67. The van der Waals surface area contributed by atoms with Gasteiger partial charge in [-0.05, 0) is 29.8 Å². The van der Waals surface area contributed by atoms with E-state index in [0.717, 1.165) is 5.56 Å². The summed E-state index contributed by atoms with van der Waals surface area (Å²) in [5, 5.41) is 4.52. The van der Waals surface area contributed by atoms with E-state index >= 15 is 0 Å². The van der Waals surface area contributed by atoms with Crippen LogP contribution in [0.15, 0.2) is 65.6 Å². The molecule has 0 aliphatic heterocycles. The van der Waals surface area contributed by atoms with Crippen LogP contribution in [0.2, 0.25) is 5.02 Å². The average molecular weight is 389 g/mol. The molecule has 5 nitrogen and oxygen atoms in total. The first-order valence-electron chi connectivity index (χ1n) is 7.90. The van der Waals surface area contributed by atoms with Crippen molar-refractivity contribution in [1.82, 2.24) is 4.72 Å². The lowest BCUT2D eigenvalue weighted by Gasteiger charge is -2.12. The minimum absolute atomic E-state index is 0.154. The topological polar surface area (TPSA) is 75.3 Å². The molecule has 134 valence electrons. The average Bonchev–Trinajstić information content (AvgIpc) is 2.60. The van der Waals surface area contributed by atoms with Gasteiger partial charge in [0.05, 0.1) is 4.90 Å². The Hall–Kier alpha value is -2.41. The zero-order valence-electron chi connectivity index (χ0n) is 14.0. The molecule has 26 heavy (non-hydrogen) atoms. The van der Waals surface area contributed by atoms with Crippen LogP contribution in [0.25, 0.3) is 10.8 Å². The van der Waals surface area contributed by atoms with Crippen LogP contribution < -0.4 is 10.0 Å². The summed E-state index contributed by atoms with van der Waals surface area (Å²) in [6, 6.07) is 17.1. The number of hydrogen-bond donors (Lipinski definition) is 2. The molecule has 0 radical (unpaired) electrons. The number of anilines is 1. The van der Waals surface area contributed by atoms with E-state index in [2.05, 4.69) is 10.0 Å². The van der Waals surface area contributed by atoms with Gasteiger partial charge in [0.25, 0.3) is 0 Å². The highest BCUT2D eigenvalue weighted by atomic mass is 35.5. The third kappa shape index (κ3) is 4.04. The molecule has 2 N–H and O–H groups in total. The Kier molecular flexibility index (Phi) is 5.27. The number of benzene rings is 3. The van der Waals surface area contributed by atoms with Crippen LogP contribution in [-0.2, 0) is 21.4 Å². The number of hydrogen-bond acceptors (Lipinski definition) is 3. The van der Waals surface area contributed by atoms with Crippen molar-refractivity contribution in [2.24, 2.45) is 0 Å². The maximum absolute atomic E-state index is 12.8. The molecule has 7 heteroatoms. The molecule has 0 atom stereocenters. The van der Waals surface area contributed by atoms with Crippen LogP contribution in [0.4, 0.5) is 5.69 Å². The first-order valence-corrected chi connectivity index (χ1v) is 9.76. The van der Waals surface area contributed by atoms with E-state index in [1.807, 2.05) is 0 Å². The van der Waals surface area contributed by atoms with Crippen molar-refractivity contribution in [3.8, 4) is 0 Å². The van der Waals surface area contributed by atoms with Gasteiger partial charge in [-0.2, -0.15) is 0 Å². The number of carbonyl (C=O) groups excluding carboxylic acids is 1. The van der Waals surface area contributed by atoms with Gasteiger partial charge >= 0.3 is 0 Å². The number of amides is 1. The maximum atomic E-state index is 12.8. The Balaban J connectivity index is 1.95. The van der Waals surface area contributed by atoms with E-state index < -0.39 is 10.0 Å². The largest absolute Gasteiger partial charge is 0.326 e. The molecular weight excluding hydrogens is 372 g/mol. The van der Waals surface area contributed by atoms with Gasteiger partial charge < -0.3 is 5.32 Å². The molecule has 0 saturated heterocycles. The minimum Gasteiger partial charge on any atom is -0.326 e. The molecule has 0 fully saturated rings. The molecule has 3 aromatic rings. The summed E-state index contributed by atoms with van der Waals surface area (Å²) in [6.07, 6.45) is 0. The Morgan fingerprint density at radius 1 is 0.962 bits per heavy atom. The zero-order chi connectivity index (χ0) is 18.7. The van der Waals surface area contributed by atoms with Gasteiger partial charge in [-0.3, -0.25) is 4.79 Å². The van der Waals surface area contributed by atoms with Crippen LogP contribution in [0.3, 0.4) is 0 Å².